The molecule has 1 aliphatic rings. The Morgan fingerprint density at radius 3 is 2.63 bits per heavy atom. The molecular formula is C14H14FN3O. The lowest BCUT2D eigenvalue weighted by Gasteiger charge is -2.33. The predicted molar refractivity (Wildman–Crippen MR) is 69.3 cm³/mol. The molecule has 3 rings (SSSR count). The number of halogens is 1. The van der Waals surface area contributed by atoms with Crippen LogP contribution in [0.2, 0.25) is 0 Å². The Kier molecular flexibility index (Phi) is 3.37. The molecule has 5 heteroatoms. The second-order valence-corrected chi connectivity index (χ2v) is 4.42. The Morgan fingerprint density at radius 2 is 1.89 bits per heavy atom. The number of nitrogens with zero attached hydrogens (tertiary/aromatic N) is 3. The van der Waals surface area contributed by atoms with Crippen molar-refractivity contribution < 1.29 is 9.13 Å². The van der Waals surface area contributed by atoms with Crippen molar-refractivity contribution in [3.63, 3.8) is 0 Å². The lowest BCUT2D eigenvalue weighted by atomic mass is 10.1. The van der Waals surface area contributed by atoms with Crippen molar-refractivity contribution in [1.29, 1.82) is 0 Å². The molecule has 1 atom stereocenters. The van der Waals surface area contributed by atoms with Gasteiger partial charge in [0.05, 0.1) is 25.5 Å². The van der Waals surface area contributed by atoms with Gasteiger partial charge in [-0.05, 0) is 5.56 Å². The zero-order valence-electron chi connectivity index (χ0n) is 10.4. The maximum atomic E-state index is 12.8. The summed E-state index contributed by atoms with van der Waals surface area (Å²) in [5.74, 6) is 0.127. The molecule has 1 aromatic heterocycles. The number of benzene rings is 1. The normalized spacial score (nSPS) is 19.4. The van der Waals surface area contributed by atoms with Crippen LogP contribution in [0.1, 0.15) is 11.7 Å². The molecule has 0 amide bonds. The summed E-state index contributed by atoms with van der Waals surface area (Å²) in [5.41, 5.74) is 1.13. The van der Waals surface area contributed by atoms with Gasteiger partial charge in [-0.1, -0.05) is 30.3 Å². The third-order valence-corrected chi connectivity index (χ3v) is 3.13. The summed E-state index contributed by atoms with van der Waals surface area (Å²) in [7, 11) is 0. The van der Waals surface area contributed by atoms with Gasteiger partial charge >= 0.3 is 0 Å². The molecule has 0 spiro atoms. The third kappa shape index (κ3) is 2.71. The van der Waals surface area contributed by atoms with Crippen molar-refractivity contribution in [2.24, 2.45) is 0 Å². The largest absolute Gasteiger partial charge is 0.370 e. The first-order valence-corrected chi connectivity index (χ1v) is 6.22. The Labute approximate surface area is 110 Å². The van der Waals surface area contributed by atoms with E-state index < -0.39 is 5.82 Å². The molecule has 2 aromatic rings. The van der Waals surface area contributed by atoms with E-state index in [1.165, 1.54) is 12.4 Å². The summed E-state index contributed by atoms with van der Waals surface area (Å²) < 4.78 is 18.6. The maximum absolute atomic E-state index is 12.8. The molecule has 98 valence electrons. The van der Waals surface area contributed by atoms with Gasteiger partial charge in [0, 0.05) is 6.54 Å². The van der Waals surface area contributed by atoms with Gasteiger partial charge in [-0.3, -0.25) is 0 Å². The zero-order chi connectivity index (χ0) is 13.1. The molecule has 1 saturated heterocycles. The number of anilines is 1. The van der Waals surface area contributed by atoms with Crippen molar-refractivity contribution in [2.45, 2.75) is 6.10 Å². The lowest BCUT2D eigenvalue weighted by Crippen LogP contribution is -2.39. The lowest BCUT2D eigenvalue weighted by molar-refractivity contribution is 0.0392. The highest BCUT2D eigenvalue weighted by Gasteiger charge is 2.23. The number of rotatable bonds is 2. The van der Waals surface area contributed by atoms with Gasteiger partial charge in [-0.25, -0.2) is 14.4 Å². The number of hydrogen-bond acceptors (Lipinski definition) is 4. The second-order valence-electron chi connectivity index (χ2n) is 4.42. The molecular weight excluding hydrogens is 245 g/mol. The molecule has 0 N–H and O–H groups in total. The molecule has 1 fully saturated rings. The van der Waals surface area contributed by atoms with Gasteiger partial charge in [0.15, 0.2) is 5.82 Å². The maximum Gasteiger partial charge on any atom is 0.225 e. The Balaban J connectivity index is 1.76. The molecule has 1 aliphatic heterocycles. The Hall–Kier alpha value is -2.01. The molecule has 19 heavy (non-hydrogen) atoms. The molecule has 0 unspecified atom stereocenters. The number of hydrogen-bond donors (Lipinski definition) is 0. The topological polar surface area (TPSA) is 38.2 Å². The van der Waals surface area contributed by atoms with Crippen LogP contribution >= 0.6 is 0 Å². The Bertz CT molecular complexity index is 532. The summed E-state index contributed by atoms with van der Waals surface area (Å²) in [6.07, 6.45) is 2.38. The number of aromatic nitrogens is 2. The van der Waals surface area contributed by atoms with Crippen molar-refractivity contribution in [3.8, 4) is 0 Å². The highest BCUT2D eigenvalue weighted by molar-refractivity contribution is 5.31. The van der Waals surface area contributed by atoms with Crippen LogP contribution in [0, 0.1) is 5.82 Å². The molecule has 2 heterocycles. The van der Waals surface area contributed by atoms with Gasteiger partial charge < -0.3 is 9.64 Å². The van der Waals surface area contributed by atoms with Crippen molar-refractivity contribution >= 4 is 5.95 Å². The Morgan fingerprint density at radius 1 is 1.16 bits per heavy atom. The van der Waals surface area contributed by atoms with E-state index in [9.17, 15) is 4.39 Å². The fourth-order valence-electron chi connectivity index (χ4n) is 2.17. The molecule has 0 radical (unpaired) electrons. The van der Waals surface area contributed by atoms with Crippen LogP contribution in [0.4, 0.5) is 10.3 Å². The molecule has 0 saturated carbocycles. The van der Waals surface area contributed by atoms with Gasteiger partial charge in [-0.15, -0.1) is 0 Å². The summed E-state index contributed by atoms with van der Waals surface area (Å²) in [6, 6.07) is 10.0. The van der Waals surface area contributed by atoms with E-state index in [4.69, 9.17) is 4.74 Å². The number of ether oxygens (including phenoxy) is 1. The molecule has 4 nitrogen and oxygen atoms in total. The first-order chi connectivity index (χ1) is 9.33. The highest BCUT2D eigenvalue weighted by atomic mass is 19.1. The average Bonchev–Trinajstić information content (AvgIpc) is 2.49. The third-order valence-electron chi connectivity index (χ3n) is 3.13. The van der Waals surface area contributed by atoms with Crippen LogP contribution in [-0.4, -0.2) is 29.7 Å². The van der Waals surface area contributed by atoms with Gasteiger partial charge in [0.1, 0.15) is 6.10 Å². The smallest absolute Gasteiger partial charge is 0.225 e. The summed E-state index contributed by atoms with van der Waals surface area (Å²) in [5, 5.41) is 0. The second kappa shape index (κ2) is 5.32. The molecule has 0 aliphatic carbocycles. The van der Waals surface area contributed by atoms with Crippen molar-refractivity contribution in [3.05, 3.63) is 54.1 Å². The van der Waals surface area contributed by atoms with E-state index in [1.54, 1.807) is 0 Å². The molecule has 0 bridgehead atoms. The van der Waals surface area contributed by atoms with E-state index in [0.29, 0.717) is 19.1 Å². The van der Waals surface area contributed by atoms with E-state index in [-0.39, 0.29) is 6.10 Å². The van der Waals surface area contributed by atoms with Crippen LogP contribution in [0.3, 0.4) is 0 Å². The minimum Gasteiger partial charge on any atom is -0.370 e. The van der Waals surface area contributed by atoms with Gasteiger partial charge in [0.2, 0.25) is 5.95 Å². The van der Waals surface area contributed by atoms with Crippen molar-refractivity contribution in [2.75, 3.05) is 24.6 Å². The van der Waals surface area contributed by atoms with Crippen LogP contribution in [-0.2, 0) is 4.74 Å². The minimum atomic E-state index is -0.420. The quantitative estimate of drug-likeness (QED) is 0.828. The predicted octanol–water partition coefficient (Wildman–Crippen LogP) is 2.19. The van der Waals surface area contributed by atoms with Crippen LogP contribution in [0.25, 0.3) is 0 Å². The van der Waals surface area contributed by atoms with E-state index in [0.717, 1.165) is 12.1 Å². The minimum absolute atomic E-state index is 0.00334. The van der Waals surface area contributed by atoms with E-state index in [2.05, 4.69) is 9.97 Å². The first-order valence-electron chi connectivity index (χ1n) is 6.22. The van der Waals surface area contributed by atoms with Crippen LogP contribution in [0.5, 0.6) is 0 Å². The summed E-state index contributed by atoms with van der Waals surface area (Å²) in [4.78, 5) is 10.0. The van der Waals surface area contributed by atoms with E-state index in [1.807, 2.05) is 35.2 Å². The zero-order valence-corrected chi connectivity index (χ0v) is 10.4. The monoisotopic (exact) mass is 259 g/mol. The molecule has 1 aromatic carbocycles. The first kappa shape index (κ1) is 12.0. The van der Waals surface area contributed by atoms with Crippen molar-refractivity contribution in [1.82, 2.24) is 9.97 Å². The fraction of sp³-hybridized carbons (Fsp3) is 0.286. The fourth-order valence-corrected chi connectivity index (χ4v) is 2.17. The average molecular weight is 259 g/mol. The van der Waals surface area contributed by atoms with E-state index >= 15 is 0 Å². The summed E-state index contributed by atoms with van der Waals surface area (Å²) >= 11 is 0. The standard InChI is InChI=1S/C14H14FN3O/c15-12-8-16-14(17-9-12)18-6-7-19-13(10-18)11-4-2-1-3-5-11/h1-5,8-9,13H,6-7,10H2/t13-/m1/s1. The highest BCUT2D eigenvalue weighted by Crippen LogP contribution is 2.23. The summed E-state index contributed by atoms with van der Waals surface area (Å²) in [6.45, 7) is 2.00. The number of morpholine rings is 1. The van der Waals surface area contributed by atoms with Crippen LogP contribution in [0.15, 0.2) is 42.7 Å². The SMILES string of the molecule is Fc1cnc(N2CCO[C@@H](c3ccccc3)C2)nc1. The van der Waals surface area contributed by atoms with Gasteiger partial charge in [0.25, 0.3) is 0 Å². The van der Waals surface area contributed by atoms with Crippen LogP contribution < -0.4 is 4.90 Å². The van der Waals surface area contributed by atoms with Gasteiger partial charge in [-0.2, -0.15) is 0 Å².